The van der Waals surface area contributed by atoms with Crippen molar-refractivity contribution in [3.63, 3.8) is 0 Å². The highest BCUT2D eigenvalue weighted by atomic mass is 16.1. The van der Waals surface area contributed by atoms with Crippen molar-refractivity contribution in [1.29, 1.82) is 0 Å². The van der Waals surface area contributed by atoms with Crippen LogP contribution in [0.25, 0.3) is 5.82 Å². The third-order valence-electron chi connectivity index (χ3n) is 3.47. The normalized spacial score (nSPS) is 10.5. The number of carbonyl (C=O) groups is 1. The van der Waals surface area contributed by atoms with Crippen molar-refractivity contribution in [3.05, 3.63) is 71.9 Å². The predicted molar refractivity (Wildman–Crippen MR) is 85.2 cm³/mol. The molecule has 0 unspecified atom stereocenters. The van der Waals surface area contributed by atoms with Crippen molar-refractivity contribution in [3.8, 4) is 5.82 Å². The maximum atomic E-state index is 12.2. The summed E-state index contributed by atoms with van der Waals surface area (Å²) >= 11 is 0. The number of pyridine rings is 1. The van der Waals surface area contributed by atoms with E-state index in [0.29, 0.717) is 11.3 Å². The Morgan fingerprint density at radius 3 is 2.55 bits per heavy atom. The van der Waals surface area contributed by atoms with E-state index in [2.05, 4.69) is 15.3 Å². The van der Waals surface area contributed by atoms with Gasteiger partial charge in [0.1, 0.15) is 11.6 Å². The topological polar surface area (TPSA) is 59.8 Å². The van der Waals surface area contributed by atoms with E-state index >= 15 is 0 Å². The van der Waals surface area contributed by atoms with Crippen molar-refractivity contribution in [2.24, 2.45) is 0 Å². The van der Waals surface area contributed by atoms with Crippen LogP contribution in [0.1, 0.15) is 21.7 Å². The first-order chi connectivity index (χ1) is 10.6. The van der Waals surface area contributed by atoms with Gasteiger partial charge in [-0.1, -0.05) is 18.2 Å². The summed E-state index contributed by atoms with van der Waals surface area (Å²) < 4.78 is 1.88. The van der Waals surface area contributed by atoms with Crippen molar-refractivity contribution >= 4 is 11.6 Å². The van der Waals surface area contributed by atoms with Crippen LogP contribution in [0.15, 0.2) is 55.0 Å². The lowest BCUT2D eigenvalue weighted by atomic mass is 10.1. The Bertz CT molecular complexity index is 806. The molecule has 3 rings (SSSR count). The fourth-order valence-electron chi connectivity index (χ4n) is 2.25. The van der Waals surface area contributed by atoms with Gasteiger partial charge in [0.05, 0.1) is 11.9 Å². The van der Waals surface area contributed by atoms with Crippen LogP contribution in [-0.4, -0.2) is 20.4 Å². The molecule has 0 saturated heterocycles. The van der Waals surface area contributed by atoms with E-state index in [0.717, 1.165) is 17.2 Å². The van der Waals surface area contributed by atoms with Crippen molar-refractivity contribution < 1.29 is 4.79 Å². The van der Waals surface area contributed by atoms with E-state index in [1.54, 1.807) is 18.5 Å². The summed E-state index contributed by atoms with van der Waals surface area (Å²) in [6, 6.07) is 11.2. The maximum absolute atomic E-state index is 12.2. The largest absolute Gasteiger partial charge is 0.321 e. The summed E-state index contributed by atoms with van der Waals surface area (Å²) in [6.07, 6.45) is 5.22. The minimum Gasteiger partial charge on any atom is -0.321 e. The zero-order valence-electron chi connectivity index (χ0n) is 12.4. The van der Waals surface area contributed by atoms with E-state index < -0.39 is 0 Å². The molecular formula is C17H16N4O. The van der Waals surface area contributed by atoms with E-state index in [-0.39, 0.29) is 5.91 Å². The molecule has 1 N–H and O–H groups in total. The summed E-state index contributed by atoms with van der Waals surface area (Å²) in [5, 5.41) is 2.86. The molecule has 0 atom stereocenters. The van der Waals surface area contributed by atoms with Crippen molar-refractivity contribution in [1.82, 2.24) is 14.5 Å². The molecule has 3 aromatic rings. The smallest absolute Gasteiger partial charge is 0.255 e. The summed E-state index contributed by atoms with van der Waals surface area (Å²) in [5.41, 5.74) is 2.27. The summed E-state index contributed by atoms with van der Waals surface area (Å²) in [5.74, 6) is 1.50. The average Bonchev–Trinajstić information content (AvgIpc) is 2.94. The summed E-state index contributed by atoms with van der Waals surface area (Å²) in [4.78, 5) is 20.8. The number of benzene rings is 1. The van der Waals surface area contributed by atoms with Crippen LogP contribution in [0.2, 0.25) is 0 Å². The molecule has 22 heavy (non-hydrogen) atoms. The molecule has 2 aromatic heterocycles. The Kier molecular flexibility index (Phi) is 3.70. The van der Waals surface area contributed by atoms with Crippen LogP contribution in [0.5, 0.6) is 0 Å². The van der Waals surface area contributed by atoms with Crippen LogP contribution in [0.3, 0.4) is 0 Å². The number of carbonyl (C=O) groups excluding carboxylic acids is 1. The molecule has 0 bridgehead atoms. The first-order valence-corrected chi connectivity index (χ1v) is 6.98. The average molecular weight is 292 g/mol. The first kappa shape index (κ1) is 14.0. The van der Waals surface area contributed by atoms with Gasteiger partial charge in [-0.05, 0) is 37.6 Å². The number of anilines is 1. The molecule has 0 fully saturated rings. The Balaban J connectivity index is 1.78. The Morgan fingerprint density at radius 2 is 1.91 bits per heavy atom. The molecule has 0 spiro atoms. The standard InChI is InChI=1S/C17H16N4O/c1-12-5-3-4-6-15(12)17(22)20-14-7-8-16(19-11-14)21-10-9-18-13(21)2/h3-11H,1-2H3,(H,20,22). The molecule has 2 heterocycles. The van der Waals surface area contributed by atoms with Gasteiger partial charge in [0.2, 0.25) is 0 Å². The molecule has 5 heteroatoms. The SMILES string of the molecule is Cc1ccccc1C(=O)Nc1ccc(-n2ccnc2C)nc1. The number of aryl methyl sites for hydroxylation is 2. The van der Waals surface area contributed by atoms with Crippen LogP contribution < -0.4 is 5.32 Å². The highest BCUT2D eigenvalue weighted by molar-refractivity contribution is 6.05. The minimum atomic E-state index is -0.133. The Labute approximate surface area is 128 Å². The van der Waals surface area contributed by atoms with Gasteiger partial charge in [-0.15, -0.1) is 0 Å². The van der Waals surface area contributed by atoms with Crippen LogP contribution in [0.4, 0.5) is 5.69 Å². The second kappa shape index (κ2) is 5.81. The second-order valence-electron chi connectivity index (χ2n) is 5.02. The molecule has 0 saturated carbocycles. The fourth-order valence-corrected chi connectivity index (χ4v) is 2.25. The number of nitrogens with one attached hydrogen (secondary N) is 1. The van der Waals surface area contributed by atoms with E-state index in [9.17, 15) is 4.79 Å². The maximum Gasteiger partial charge on any atom is 0.255 e. The van der Waals surface area contributed by atoms with Crippen molar-refractivity contribution in [2.45, 2.75) is 13.8 Å². The minimum absolute atomic E-state index is 0.133. The number of imidazole rings is 1. The zero-order valence-corrected chi connectivity index (χ0v) is 12.4. The zero-order chi connectivity index (χ0) is 15.5. The molecule has 110 valence electrons. The van der Waals surface area contributed by atoms with Gasteiger partial charge in [-0.2, -0.15) is 0 Å². The number of nitrogens with zero attached hydrogens (tertiary/aromatic N) is 3. The molecule has 5 nitrogen and oxygen atoms in total. The third-order valence-corrected chi connectivity index (χ3v) is 3.47. The van der Waals surface area contributed by atoms with Crippen LogP contribution in [-0.2, 0) is 0 Å². The van der Waals surface area contributed by atoms with Crippen LogP contribution >= 0.6 is 0 Å². The van der Waals surface area contributed by atoms with Gasteiger partial charge < -0.3 is 5.32 Å². The molecule has 0 aliphatic rings. The third kappa shape index (κ3) is 2.74. The predicted octanol–water partition coefficient (Wildman–Crippen LogP) is 3.14. The van der Waals surface area contributed by atoms with E-state index in [1.165, 1.54) is 0 Å². The van der Waals surface area contributed by atoms with Gasteiger partial charge in [0.15, 0.2) is 0 Å². The van der Waals surface area contributed by atoms with Gasteiger partial charge in [-0.25, -0.2) is 9.97 Å². The van der Waals surface area contributed by atoms with Gasteiger partial charge in [-0.3, -0.25) is 9.36 Å². The molecule has 1 aromatic carbocycles. The van der Waals surface area contributed by atoms with Gasteiger partial charge >= 0.3 is 0 Å². The Morgan fingerprint density at radius 1 is 1.09 bits per heavy atom. The molecular weight excluding hydrogens is 276 g/mol. The lowest BCUT2D eigenvalue weighted by Crippen LogP contribution is -2.13. The Hall–Kier alpha value is -2.95. The van der Waals surface area contributed by atoms with Crippen molar-refractivity contribution in [2.75, 3.05) is 5.32 Å². The molecule has 0 aliphatic heterocycles. The lowest BCUT2D eigenvalue weighted by Gasteiger charge is -2.08. The number of hydrogen-bond acceptors (Lipinski definition) is 3. The first-order valence-electron chi connectivity index (χ1n) is 6.98. The molecule has 1 amide bonds. The quantitative estimate of drug-likeness (QED) is 0.806. The van der Waals surface area contributed by atoms with Crippen LogP contribution in [0, 0.1) is 13.8 Å². The number of aromatic nitrogens is 3. The fraction of sp³-hybridized carbons (Fsp3) is 0.118. The van der Waals surface area contributed by atoms with E-state index in [4.69, 9.17) is 0 Å². The summed E-state index contributed by atoms with van der Waals surface area (Å²) in [6.45, 7) is 3.83. The monoisotopic (exact) mass is 292 g/mol. The molecule has 0 radical (unpaired) electrons. The number of amides is 1. The highest BCUT2D eigenvalue weighted by Crippen LogP contribution is 2.14. The number of hydrogen-bond donors (Lipinski definition) is 1. The second-order valence-corrected chi connectivity index (χ2v) is 5.02. The molecule has 0 aliphatic carbocycles. The summed E-state index contributed by atoms with van der Waals surface area (Å²) in [7, 11) is 0. The van der Waals surface area contributed by atoms with Gasteiger partial charge in [0.25, 0.3) is 5.91 Å². The number of rotatable bonds is 3. The van der Waals surface area contributed by atoms with Gasteiger partial charge in [0, 0.05) is 18.0 Å². The lowest BCUT2D eigenvalue weighted by molar-refractivity contribution is 0.102. The highest BCUT2D eigenvalue weighted by Gasteiger charge is 2.09. The van der Waals surface area contributed by atoms with E-state index in [1.807, 2.05) is 54.9 Å².